The number of amides is 1. The smallest absolute Gasteiger partial charge is 0.241 e. The molecular weight excluding hydrogens is 238 g/mol. The van der Waals surface area contributed by atoms with E-state index < -0.39 is 0 Å². The number of nitrogens with zero attached hydrogens (tertiary/aromatic N) is 1. The maximum Gasteiger partial charge on any atom is 0.241 e. The van der Waals surface area contributed by atoms with Gasteiger partial charge in [0.2, 0.25) is 5.91 Å². The van der Waals surface area contributed by atoms with Crippen molar-refractivity contribution in [3.05, 3.63) is 36.5 Å². The van der Waals surface area contributed by atoms with Crippen molar-refractivity contribution in [3.8, 4) is 0 Å². The first-order valence-electron chi connectivity index (χ1n) is 6.72. The molecule has 4 nitrogen and oxygen atoms in total. The van der Waals surface area contributed by atoms with E-state index in [-0.39, 0.29) is 11.9 Å². The molecule has 1 amide bonds. The Morgan fingerprint density at radius 2 is 2.21 bits per heavy atom. The third kappa shape index (κ3) is 2.74. The minimum absolute atomic E-state index is 0.0387. The molecule has 1 aromatic carbocycles. The molecule has 0 spiro atoms. The second-order valence-corrected chi connectivity index (χ2v) is 4.91. The second kappa shape index (κ2) is 5.36. The predicted molar refractivity (Wildman–Crippen MR) is 76.0 cm³/mol. The van der Waals surface area contributed by atoms with Crippen LogP contribution in [0, 0.1) is 0 Å². The predicted octanol–water partition coefficient (Wildman–Crippen LogP) is 2.32. The Bertz CT molecular complexity index is 591. The van der Waals surface area contributed by atoms with E-state index in [4.69, 9.17) is 0 Å². The molecule has 1 aromatic heterocycles. The Balaban J connectivity index is 1.75. The number of piperidine rings is 1. The lowest BCUT2D eigenvalue weighted by atomic mass is 10.0. The lowest BCUT2D eigenvalue weighted by Gasteiger charge is -2.22. The average molecular weight is 255 g/mol. The van der Waals surface area contributed by atoms with Gasteiger partial charge in [-0.15, -0.1) is 0 Å². The molecule has 0 unspecified atom stereocenters. The minimum atomic E-state index is -0.0692. The Morgan fingerprint density at radius 3 is 3.05 bits per heavy atom. The normalized spacial score (nSPS) is 19.3. The van der Waals surface area contributed by atoms with Crippen LogP contribution < -0.4 is 10.6 Å². The zero-order chi connectivity index (χ0) is 13.1. The molecular formula is C15H17N3O. The number of carbonyl (C=O) groups excluding carboxylic acids is 1. The minimum Gasteiger partial charge on any atom is -0.323 e. The summed E-state index contributed by atoms with van der Waals surface area (Å²) in [7, 11) is 0. The van der Waals surface area contributed by atoms with Crippen molar-refractivity contribution in [3.63, 3.8) is 0 Å². The summed E-state index contributed by atoms with van der Waals surface area (Å²) < 4.78 is 0. The van der Waals surface area contributed by atoms with Gasteiger partial charge in [0, 0.05) is 5.39 Å². The van der Waals surface area contributed by atoms with Gasteiger partial charge >= 0.3 is 0 Å². The molecule has 2 N–H and O–H groups in total. The van der Waals surface area contributed by atoms with Crippen LogP contribution >= 0.6 is 0 Å². The molecule has 1 aliphatic rings. The van der Waals surface area contributed by atoms with Crippen molar-refractivity contribution < 1.29 is 4.79 Å². The van der Waals surface area contributed by atoms with E-state index in [0.717, 1.165) is 42.4 Å². The molecule has 1 aliphatic heterocycles. The zero-order valence-corrected chi connectivity index (χ0v) is 10.7. The van der Waals surface area contributed by atoms with E-state index in [2.05, 4.69) is 15.6 Å². The van der Waals surface area contributed by atoms with Gasteiger partial charge in [0.05, 0.1) is 23.4 Å². The molecule has 2 aromatic rings. The number of carbonyl (C=O) groups is 1. The third-order valence-corrected chi connectivity index (χ3v) is 3.48. The molecule has 0 aliphatic carbocycles. The van der Waals surface area contributed by atoms with E-state index in [1.165, 1.54) is 0 Å². The van der Waals surface area contributed by atoms with E-state index in [1.54, 1.807) is 6.20 Å². The molecule has 1 atom stereocenters. The maximum atomic E-state index is 12.1. The van der Waals surface area contributed by atoms with Crippen molar-refractivity contribution in [1.29, 1.82) is 0 Å². The zero-order valence-electron chi connectivity index (χ0n) is 10.7. The third-order valence-electron chi connectivity index (χ3n) is 3.48. The maximum absolute atomic E-state index is 12.1. The fourth-order valence-corrected chi connectivity index (χ4v) is 2.44. The summed E-state index contributed by atoms with van der Waals surface area (Å²) >= 11 is 0. The van der Waals surface area contributed by atoms with E-state index in [0.29, 0.717) is 0 Å². The fourth-order valence-electron chi connectivity index (χ4n) is 2.44. The van der Waals surface area contributed by atoms with Crippen molar-refractivity contribution in [2.24, 2.45) is 0 Å². The highest BCUT2D eigenvalue weighted by atomic mass is 16.2. The number of para-hydroxylation sites is 1. The number of benzene rings is 1. The highest BCUT2D eigenvalue weighted by molar-refractivity contribution is 5.96. The Hall–Kier alpha value is -1.94. The second-order valence-electron chi connectivity index (χ2n) is 4.91. The van der Waals surface area contributed by atoms with Crippen LogP contribution in [0.4, 0.5) is 5.69 Å². The Morgan fingerprint density at radius 1 is 1.32 bits per heavy atom. The number of aromatic nitrogens is 1. The van der Waals surface area contributed by atoms with Gasteiger partial charge in [-0.05, 0) is 31.5 Å². The van der Waals surface area contributed by atoms with Gasteiger partial charge in [-0.2, -0.15) is 0 Å². The number of hydrogen-bond donors (Lipinski definition) is 2. The Labute approximate surface area is 112 Å². The number of anilines is 1. The van der Waals surface area contributed by atoms with E-state index in [1.807, 2.05) is 30.3 Å². The van der Waals surface area contributed by atoms with Crippen molar-refractivity contribution >= 4 is 22.5 Å². The summed E-state index contributed by atoms with van der Waals surface area (Å²) in [6, 6.07) is 9.78. The molecule has 0 radical (unpaired) electrons. The van der Waals surface area contributed by atoms with Crippen LogP contribution in [0.15, 0.2) is 36.5 Å². The topological polar surface area (TPSA) is 54.0 Å². The molecule has 1 fully saturated rings. The van der Waals surface area contributed by atoms with Crippen LogP contribution in [0.3, 0.4) is 0 Å². The summed E-state index contributed by atoms with van der Waals surface area (Å²) in [6.45, 7) is 0.925. The molecule has 1 saturated heterocycles. The van der Waals surface area contributed by atoms with E-state index >= 15 is 0 Å². The SMILES string of the molecule is O=C(Nc1cnc2ccccc2c1)[C@H]1CCCCN1. The standard InChI is InChI=1S/C15H17N3O/c19-15(14-7-3-4-8-16-14)18-12-9-11-5-1-2-6-13(11)17-10-12/h1-2,5-6,9-10,14,16H,3-4,7-8H2,(H,18,19)/t14-/m1/s1. The van der Waals surface area contributed by atoms with Gasteiger partial charge in [-0.25, -0.2) is 0 Å². The van der Waals surface area contributed by atoms with Gasteiger partial charge < -0.3 is 10.6 Å². The number of fused-ring (bicyclic) bond motifs is 1. The molecule has 19 heavy (non-hydrogen) atoms. The number of rotatable bonds is 2. The molecule has 0 saturated carbocycles. The van der Waals surface area contributed by atoms with Gasteiger partial charge in [-0.3, -0.25) is 9.78 Å². The molecule has 2 heterocycles. The molecule has 0 bridgehead atoms. The summed E-state index contributed by atoms with van der Waals surface area (Å²) in [4.78, 5) is 16.4. The number of pyridine rings is 1. The van der Waals surface area contributed by atoms with Crippen LogP contribution in [0.25, 0.3) is 10.9 Å². The van der Waals surface area contributed by atoms with Crippen LogP contribution in [-0.4, -0.2) is 23.5 Å². The molecule has 4 heteroatoms. The summed E-state index contributed by atoms with van der Waals surface area (Å²) in [5, 5.41) is 7.22. The van der Waals surface area contributed by atoms with Gasteiger partial charge in [0.1, 0.15) is 0 Å². The molecule has 98 valence electrons. The summed E-state index contributed by atoms with van der Waals surface area (Å²) in [6.07, 6.45) is 4.89. The quantitative estimate of drug-likeness (QED) is 0.866. The lowest BCUT2D eigenvalue weighted by Crippen LogP contribution is -2.43. The average Bonchev–Trinajstić information content (AvgIpc) is 2.48. The summed E-state index contributed by atoms with van der Waals surface area (Å²) in [5.74, 6) is 0.0387. The van der Waals surface area contributed by atoms with Gasteiger partial charge in [0.25, 0.3) is 0 Å². The molecule has 3 rings (SSSR count). The van der Waals surface area contributed by atoms with Crippen LogP contribution in [-0.2, 0) is 4.79 Å². The van der Waals surface area contributed by atoms with Crippen molar-refractivity contribution in [2.45, 2.75) is 25.3 Å². The highest BCUT2D eigenvalue weighted by Gasteiger charge is 2.20. The Kier molecular flexibility index (Phi) is 3.42. The fraction of sp³-hybridized carbons (Fsp3) is 0.333. The first kappa shape index (κ1) is 12.1. The number of hydrogen-bond acceptors (Lipinski definition) is 3. The van der Waals surface area contributed by atoms with Crippen molar-refractivity contribution in [1.82, 2.24) is 10.3 Å². The van der Waals surface area contributed by atoms with Crippen LogP contribution in [0.1, 0.15) is 19.3 Å². The highest BCUT2D eigenvalue weighted by Crippen LogP contribution is 2.17. The monoisotopic (exact) mass is 255 g/mol. The largest absolute Gasteiger partial charge is 0.323 e. The first-order valence-corrected chi connectivity index (χ1v) is 6.72. The number of nitrogens with one attached hydrogen (secondary N) is 2. The van der Waals surface area contributed by atoms with E-state index in [9.17, 15) is 4.79 Å². The van der Waals surface area contributed by atoms with Gasteiger partial charge in [0.15, 0.2) is 0 Å². The van der Waals surface area contributed by atoms with Crippen LogP contribution in [0.2, 0.25) is 0 Å². The lowest BCUT2D eigenvalue weighted by molar-refractivity contribution is -0.118. The summed E-state index contributed by atoms with van der Waals surface area (Å²) in [5.41, 5.74) is 1.70. The van der Waals surface area contributed by atoms with Crippen LogP contribution in [0.5, 0.6) is 0 Å². The van der Waals surface area contributed by atoms with Crippen molar-refractivity contribution in [2.75, 3.05) is 11.9 Å². The first-order chi connectivity index (χ1) is 9.33. The van der Waals surface area contributed by atoms with Gasteiger partial charge in [-0.1, -0.05) is 24.6 Å².